The zero-order chi connectivity index (χ0) is 18.1. The Kier molecular flexibility index (Phi) is 4.61. The third-order valence-corrected chi connectivity index (χ3v) is 6.05. The Balaban J connectivity index is 1.45. The van der Waals surface area contributed by atoms with Gasteiger partial charge in [0.05, 0.1) is 17.1 Å². The highest BCUT2D eigenvalue weighted by Crippen LogP contribution is 2.39. The number of rotatable bonds is 2. The highest BCUT2D eigenvalue weighted by Gasteiger charge is 2.38. The Morgan fingerprint density at radius 3 is 2.81 bits per heavy atom. The van der Waals surface area contributed by atoms with E-state index in [4.69, 9.17) is 9.72 Å². The first-order chi connectivity index (χ1) is 12.6. The van der Waals surface area contributed by atoms with Gasteiger partial charge in [0.25, 0.3) is 0 Å². The van der Waals surface area contributed by atoms with Gasteiger partial charge in [-0.05, 0) is 50.2 Å². The van der Waals surface area contributed by atoms with Crippen molar-refractivity contribution in [2.45, 2.75) is 38.6 Å². The number of carbonyl (C=O) groups excluding carboxylic acids is 1. The number of hydrogen-bond donors (Lipinski definition) is 1. The number of ether oxygens (including phenoxy) is 1. The molecule has 26 heavy (non-hydrogen) atoms. The van der Waals surface area contributed by atoms with Crippen LogP contribution in [0.4, 0.5) is 4.79 Å². The molecule has 2 aromatic rings. The number of nitrogens with one attached hydrogen (secondary N) is 1. The summed E-state index contributed by atoms with van der Waals surface area (Å²) in [6.07, 6.45) is 4.42. The van der Waals surface area contributed by atoms with Gasteiger partial charge in [0.2, 0.25) is 0 Å². The van der Waals surface area contributed by atoms with Crippen molar-refractivity contribution < 1.29 is 9.53 Å². The van der Waals surface area contributed by atoms with Gasteiger partial charge in [0, 0.05) is 33.4 Å². The van der Waals surface area contributed by atoms with Crippen molar-refractivity contribution in [2.24, 2.45) is 12.5 Å². The molecule has 4 rings (SSSR count). The normalized spacial score (nSPS) is 21.1. The minimum absolute atomic E-state index is 0.0233. The Morgan fingerprint density at radius 2 is 2.04 bits per heavy atom. The predicted octanol–water partition coefficient (Wildman–Crippen LogP) is 3.24. The molecule has 2 fully saturated rings. The molecule has 2 aliphatic heterocycles. The van der Waals surface area contributed by atoms with Crippen LogP contribution in [-0.2, 0) is 11.8 Å². The van der Waals surface area contributed by atoms with Crippen molar-refractivity contribution in [1.29, 1.82) is 0 Å². The third kappa shape index (κ3) is 3.18. The van der Waals surface area contributed by atoms with Crippen molar-refractivity contribution in [3.05, 3.63) is 30.1 Å². The molecule has 0 aliphatic carbocycles. The van der Waals surface area contributed by atoms with Crippen molar-refractivity contribution in [1.82, 2.24) is 19.8 Å². The summed E-state index contributed by atoms with van der Waals surface area (Å²) in [7, 11) is 2.01. The van der Waals surface area contributed by atoms with Crippen LogP contribution < -0.4 is 5.32 Å². The Hall–Kier alpha value is -2.08. The zero-order valence-corrected chi connectivity index (χ0v) is 15.7. The molecule has 140 valence electrons. The van der Waals surface area contributed by atoms with Crippen LogP contribution >= 0.6 is 0 Å². The molecule has 0 bridgehead atoms. The molecule has 1 atom stereocenters. The molecule has 2 amide bonds. The highest BCUT2D eigenvalue weighted by atomic mass is 16.5. The first-order valence-electron chi connectivity index (χ1n) is 9.63. The van der Waals surface area contributed by atoms with Crippen LogP contribution in [0, 0.1) is 5.41 Å². The van der Waals surface area contributed by atoms with Crippen LogP contribution in [0.5, 0.6) is 0 Å². The Morgan fingerprint density at radius 1 is 1.27 bits per heavy atom. The van der Waals surface area contributed by atoms with Crippen LogP contribution in [0.2, 0.25) is 0 Å². The topological polar surface area (TPSA) is 59.4 Å². The lowest BCUT2D eigenvalue weighted by molar-refractivity contribution is -0.0187. The third-order valence-electron chi connectivity index (χ3n) is 6.05. The maximum atomic E-state index is 12.9. The van der Waals surface area contributed by atoms with Crippen molar-refractivity contribution >= 4 is 17.1 Å². The molecule has 1 aromatic carbocycles. The second kappa shape index (κ2) is 6.91. The molecule has 0 radical (unpaired) electrons. The van der Waals surface area contributed by atoms with E-state index in [1.165, 1.54) is 6.42 Å². The first kappa shape index (κ1) is 17.3. The molecular weight excluding hydrogens is 328 g/mol. The van der Waals surface area contributed by atoms with E-state index in [1.807, 2.05) is 37.1 Å². The van der Waals surface area contributed by atoms with Crippen molar-refractivity contribution in [3.8, 4) is 0 Å². The number of fused-ring (bicyclic) bond motifs is 1. The number of likely N-dealkylation sites (tertiary alicyclic amines) is 1. The van der Waals surface area contributed by atoms with E-state index in [-0.39, 0.29) is 17.5 Å². The highest BCUT2D eigenvalue weighted by molar-refractivity contribution is 5.77. The molecule has 1 N–H and O–H groups in total. The summed E-state index contributed by atoms with van der Waals surface area (Å²) in [4.78, 5) is 19.6. The van der Waals surface area contributed by atoms with Crippen LogP contribution in [0.1, 0.15) is 44.5 Å². The summed E-state index contributed by atoms with van der Waals surface area (Å²) in [6, 6.07) is 7.96. The van der Waals surface area contributed by atoms with E-state index >= 15 is 0 Å². The summed E-state index contributed by atoms with van der Waals surface area (Å²) in [5.41, 5.74) is 2.31. The number of piperidine rings is 1. The predicted molar refractivity (Wildman–Crippen MR) is 101 cm³/mol. The lowest BCUT2D eigenvalue weighted by Crippen LogP contribution is -2.51. The second-order valence-electron chi connectivity index (χ2n) is 7.83. The summed E-state index contributed by atoms with van der Waals surface area (Å²) in [5.74, 6) is 0.886. The number of amides is 2. The zero-order valence-electron chi connectivity index (χ0n) is 15.7. The van der Waals surface area contributed by atoms with Gasteiger partial charge in [0.15, 0.2) is 0 Å². The lowest BCUT2D eigenvalue weighted by Gasteiger charge is -2.45. The van der Waals surface area contributed by atoms with E-state index in [0.717, 1.165) is 62.4 Å². The van der Waals surface area contributed by atoms with Gasteiger partial charge < -0.3 is 19.5 Å². The number of imidazole rings is 1. The van der Waals surface area contributed by atoms with Crippen molar-refractivity contribution in [2.75, 3.05) is 26.3 Å². The van der Waals surface area contributed by atoms with E-state index < -0.39 is 0 Å². The number of urea groups is 1. The SMILES string of the molecule is C[C@H](NC(=O)N1CCCC2(CCOCC2)C1)c1nc2ccccc2n1C. The van der Waals surface area contributed by atoms with Gasteiger partial charge in [-0.2, -0.15) is 0 Å². The number of hydrogen-bond acceptors (Lipinski definition) is 3. The lowest BCUT2D eigenvalue weighted by atomic mass is 9.74. The largest absolute Gasteiger partial charge is 0.381 e. The number of nitrogens with zero attached hydrogens (tertiary/aromatic N) is 3. The Labute approximate surface area is 154 Å². The number of para-hydroxylation sites is 2. The van der Waals surface area contributed by atoms with Crippen LogP contribution in [0.25, 0.3) is 11.0 Å². The molecule has 1 spiro atoms. The monoisotopic (exact) mass is 356 g/mol. The summed E-state index contributed by atoms with van der Waals surface area (Å²) in [6.45, 7) is 5.34. The number of benzene rings is 1. The van der Waals surface area contributed by atoms with Crippen LogP contribution in [0.3, 0.4) is 0 Å². The minimum atomic E-state index is -0.132. The van der Waals surface area contributed by atoms with Gasteiger partial charge in [0.1, 0.15) is 5.82 Å². The molecular formula is C20H28N4O2. The molecule has 1 aromatic heterocycles. The Bertz CT molecular complexity index is 789. The standard InChI is InChI=1S/C20H28N4O2/c1-15(18-22-16-6-3-4-7-17(16)23(18)2)21-19(25)24-11-5-8-20(14-24)9-12-26-13-10-20/h3-4,6-7,15H,5,8-14H2,1-2H3,(H,21,25)/t15-/m0/s1. The average molecular weight is 356 g/mol. The van der Waals surface area contributed by atoms with Gasteiger partial charge in [-0.1, -0.05) is 12.1 Å². The number of aromatic nitrogens is 2. The molecule has 0 saturated carbocycles. The van der Waals surface area contributed by atoms with E-state index in [0.29, 0.717) is 0 Å². The summed E-state index contributed by atoms with van der Waals surface area (Å²) in [5, 5.41) is 3.16. The maximum absolute atomic E-state index is 12.9. The quantitative estimate of drug-likeness (QED) is 0.899. The summed E-state index contributed by atoms with van der Waals surface area (Å²) >= 11 is 0. The van der Waals surface area contributed by atoms with Crippen LogP contribution in [-0.4, -0.2) is 46.8 Å². The van der Waals surface area contributed by atoms with Crippen LogP contribution in [0.15, 0.2) is 24.3 Å². The van der Waals surface area contributed by atoms with Gasteiger partial charge in [-0.25, -0.2) is 9.78 Å². The fraction of sp³-hybridized carbons (Fsp3) is 0.600. The maximum Gasteiger partial charge on any atom is 0.317 e. The van der Waals surface area contributed by atoms with Gasteiger partial charge >= 0.3 is 6.03 Å². The van der Waals surface area contributed by atoms with E-state index in [9.17, 15) is 4.79 Å². The molecule has 0 unspecified atom stereocenters. The van der Waals surface area contributed by atoms with Gasteiger partial charge in [-0.3, -0.25) is 0 Å². The molecule has 2 saturated heterocycles. The van der Waals surface area contributed by atoms with Crippen molar-refractivity contribution in [3.63, 3.8) is 0 Å². The molecule has 3 heterocycles. The fourth-order valence-electron chi connectivity index (χ4n) is 4.49. The summed E-state index contributed by atoms with van der Waals surface area (Å²) < 4.78 is 7.59. The first-order valence-corrected chi connectivity index (χ1v) is 9.63. The second-order valence-corrected chi connectivity index (χ2v) is 7.83. The van der Waals surface area contributed by atoms with Gasteiger partial charge in [-0.15, -0.1) is 0 Å². The number of aryl methyl sites for hydroxylation is 1. The van der Waals surface area contributed by atoms with E-state index in [2.05, 4.69) is 16.0 Å². The molecule has 6 nitrogen and oxygen atoms in total. The molecule has 2 aliphatic rings. The average Bonchev–Trinajstić information content (AvgIpc) is 2.99. The number of carbonyl (C=O) groups is 1. The smallest absolute Gasteiger partial charge is 0.317 e. The molecule has 6 heteroatoms. The van der Waals surface area contributed by atoms with E-state index in [1.54, 1.807) is 0 Å². The fourth-order valence-corrected chi connectivity index (χ4v) is 4.49. The minimum Gasteiger partial charge on any atom is -0.381 e.